The Morgan fingerprint density at radius 2 is 1.97 bits per heavy atom. The lowest BCUT2D eigenvalue weighted by Crippen LogP contribution is -2.41. The summed E-state index contributed by atoms with van der Waals surface area (Å²) in [6.45, 7) is 1.58. The third-order valence-corrected chi connectivity index (χ3v) is 6.64. The molecule has 0 unspecified atom stereocenters. The maximum Gasteiger partial charge on any atom is 0.348 e. The first-order valence-corrected chi connectivity index (χ1v) is 11.2. The van der Waals surface area contributed by atoms with Gasteiger partial charge in [-0.3, -0.25) is 9.59 Å². The summed E-state index contributed by atoms with van der Waals surface area (Å²) in [5.41, 5.74) is 0.283. The zero-order valence-corrected chi connectivity index (χ0v) is 18.9. The van der Waals surface area contributed by atoms with Gasteiger partial charge in [0.25, 0.3) is 0 Å². The van der Waals surface area contributed by atoms with Gasteiger partial charge in [-0.05, 0) is 31.4 Å². The van der Waals surface area contributed by atoms with Crippen molar-refractivity contribution in [3.63, 3.8) is 0 Å². The molecule has 0 bridgehead atoms. The molecule has 2 heterocycles. The number of carboxylic acids is 1. The summed E-state index contributed by atoms with van der Waals surface area (Å²) in [6, 6.07) is 5.98. The van der Waals surface area contributed by atoms with Crippen molar-refractivity contribution in [1.82, 2.24) is 9.88 Å². The van der Waals surface area contributed by atoms with Gasteiger partial charge in [-0.15, -0.1) is 0 Å². The number of anilines is 1. The molecule has 1 aliphatic heterocycles. The molecular weight excluding hydrogens is 437 g/mol. The van der Waals surface area contributed by atoms with Crippen LogP contribution >= 0.6 is 11.3 Å². The zero-order valence-electron chi connectivity index (χ0n) is 18.0. The van der Waals surface area contributed by atoms with E-state index < -0.39 is 11.8 Å². The Labute approximate surface area is 189 Å². The van der Waals surface area contributed by atoms with Gasteiger partial charge in [-0.1, -0.05) is 23.5 Å². The SMILES string of the molecule is COC(=O)CCCN(C)C(=O)C1CCN(c2nc(-c3ccccc3F)c(C(=O)O)s2)CC1. The van der Waals surface area contributed by atoms with Crippen molar-refractivity contribution < 1.29 is 28.6 Å². The molecule has 1 amide bonds. The highest BCUT2D eigenvalue weighted by Crippen LogP contribution is 2.36. The molecule has 0 spiro atoms. The van der Waals surface area contributed by atoms with Crippen LogP contribution in [-0.4, -0.2) is 66.6 Å². The summed E-state index contributed by atoms with van der Waals surface area (Å²) in [5.74, 6) is -2.07. The van der Waals surface area contributed by atoms with Gasteiger partial charge in [0.15, 0.2) is 5.13 Å². The second kappa shape index (κ2) is 10.5. The maximum atomic E-state index is 14.2. The summed E-state index contributed by atoms with van der Waals surface area (Å²) in [5, 5.41) is 10.1. The molecule has 1 fully saturated rings. The number of hydrogen-bond donors (Lipinski definition) is 1. The molecule has 0 aliphatic carbocycles. The number of benzene rings is 1. The topological polar surface area (TPSA) is 100 Å². The molecule has 1 saturated heterocycles. The lowest BCUT2D eigenvalue weighted by molar-refractivity contribution is -0.141. The number of ether oxygens (including phenoxy) is 1. The molecule has 3 rings (SSSR count). The van der Waals surface area contributed by atoms with E-state index in [0.29, 0.717) is 44.0 Å². The lowest BCUT2D eigenvalue weighted by Gasteiger charge is -2.33. The monoisotopic (exact) mass is 463 g/mol. The van der Waals surface area contributed by atoms with Gasteiger partial charge in [0.1, 0.15) is 16.4 Å². The van der Waals surface area contributed by atoms with Crippen LogP contribution in [0.2, 0.25) is 0 Å². The highest BCUT2D eigenvalue weighted by atomic mass is 32.1. The molecule has 8 nitrogen and oxygen atoms in total. The van der Waals surface area contributed by atoms with Crippen molar-refractivity contribution in [2.45, 2.75) is 25.7 Å². The van der Waals surface area contributed by atoms with E-state index in [0.717, 1.165) is 11.3 Å². The zero-order chi connectivity index (χ0) is 23.3. The number of hydrogen-bond acceptors (Lipinski definition) is 7. The number of halogens is 1. The number of nitrogens with zero attached hydrogens (tertiary/aromatic N) is 3. The molecule has 32 heavy (non-hydrogen) atoms. The third-order valence-electron chi connectivity index (χ3n) is 5.53. The van der Waals surface area contributed by atoms with E-state index in [-0.39, 0.29) is 40.3 Å². The molecule has 0 atom stereocenters. The van der Waals surface area contributed by atoms with E-state index in [2.05, 4.69) is 9.72 Å². The van der Waals surface area contributed by atoms with Crippen LogP contribution in [0.15, 0.2) is 24.3 Å². The van der Waals surface area contributed by atoms with Crippen LogP contribution in [0.5, 0.6) is 0 Å². The van der Waals surface area contributed by atoms with Gasteiger partial charge in [-0.25, -0.2) is 14.2 Å². The van der Waals surface area contributed by atoms with Gasteiger partial charge in [0, 0.05) is 44.6 Å². The minimum atomic E-state index is -1.15. The van der Waals surface area contributed by atoms with Gasteiger partial charge < -0.3 is 19.6 Å². The molecule has 172 valence electrons. The number of thiazole rings is 1. The van der Waals surface area contributed by atoms with E-state index in [1.165, 1.54) is 19.2 Å². The molecule has 0 radical (unpaired) electrons. The van der Waals surface area contributed by atoms with Crippen molar-refractivity contribution in [3.05, 3.63) is 35.0 Å². The Bertz CT molecular complexity index is 988. The Hall–Kier alpha value is -3.01. The average molecular weight is 464 g/mol. The Balaban J connectivity index is 1.63. The van der Waals surface area contributed by atoms with Gasteiger partial charge in [0.2, 0.25) is 5.91 Å². The lowest BCUT2D eigenvalue weighted by atomic mass is 9.95. The Morgan fingerprint density at radius 1 is 1.28 bits per heavy atom. The van der Waals surface area contributed by atoms with Gasteiger partial charge in [-0.2, -0.15) is 0 Å². The van der Waals surface area contributed by atoms with Crippen LogP contribution < -0.4 is 4.90 Å². The van der Waals surface area contributed by atoms with Crippen molar-refractivity contribution in [1.29, 1.82) is 0 Å². The number of methoxy groups -OCH3 is 1. The number of piperidine rings is 1. The summed E-state index contributed by atoms with van der Waals surface area (Å²) in [7, 11) is 3.07. The second-order valence-electron chi connectivity index (χ2n) is 7.66. The van der Waals surface area contributed by atoms with E-state index in [4.69, 9.17) is 0 Å². The largest absolute Gasteiger partial charge is 0.477 e. The normalized spacial score (nSPS) is 14.3. The predicted molar refractivity (Wildman–Crippen MR) is 118 cm³/mol. The predicted octanol–water partition coefficient (Wildman–Crippen LogP) is 3.28. The van der Waals surface area contributed by atoms with E-state index in [1.807, 2.05) is 4.90 Å². The number of amides is 1. The average Bonchev–Trinajstić information content (AvgIpc) is 3.24. The molecule has 2 aromatic rings. The molecule has 0 saturated carbocycles. The number of aromatic nitrogens is 1. The summed E-state index contributed by atoms with van der Waals surface area (Å²) < 4.78 is 18.8. The first-order valence-electron chi connectivity index (χ1n) is 10.4. The smallest absolute Gasteiger partial charge is 0.348 e. The van der Waals surface area contributed by atoms with E-state index in [1.54, 1.807) is 24.1 Å². The molecule has 1 N–H and O–H groups in total. The first-order chi connectivity index (χ1) is 15.3. The molecule has 1 aliphatic rings. The number of esters is 1. The molecule has 1 aromatic carbocycles. The van der Waals surface area contributed by atoms with Crippen LogP contribution in [0.25, 0.3) is 11.3 Å². The van der Waals surface area contributed by atoms with Crippen LogP contribution in [0.1, 0.15) is 35.4 Å². The van der Waals surface area contributed by atoms with Crippen molar-refractivity contribution in [2.75, 3.05) is 38.7 Å². The van der Waals surface area contributed by atoms with Crippen LogP contribution in [0.4, 0.5) is 9.52 Å². The van der Waals surface area contributed by atoms with Crippen LogP contribution in [-0.2, 0) is 14.3 Å². The second-order valence-corrected chi connectivity index (χ2v) is 8.64. The maximum absolute atomic E-state index is 14.2. The highest BCUT2D eigenvalue weighted by Gasteiger charge is 2.30. The molecular formula is C22H26FN3O5S. The Kier molecular flexibility index (Phi) is 7.79. The standard InChI is InChI=1S/C22H26FN3O5S/c1-25(11-5-8-17(27)31-2)20(28)14-9-12-26(13-10-14)22-24-18(19(32-22)21(29)30)15-6-3-4-7-16(15)23/h3-4,6-7,14H,5,8-13H2,1-2H3,(H,29,30). The summed E-state index contributed by atoms with van der Waals surface area (Å²) in [4.78, 5) is 43.7. The number of rotatable bonds is 8. The van der Waals surface area contributed by atoms with Crippen LogP contribution in [0, 0.1) is 11.7 Å². The molecule has 10 heteroatoms. The quantitative estimate of drug-likeness (QED) is 0.600. The van der Waals surface area contributed by atoms with E-state index >= 15 is 0 Å². The number of carbonyl (C=O) groups is 3. The minimum Gasteiger partial charge on any atom is -0.477 e. The number of carboxylic acid groups (broad SMARTS) is 1. The Morgan fingerprint density at radius 3 is 2.59 bits per heavy atom. The minimum absolute atomic E-state index is 0.00589. The highest BCUT2D eigenvalue weighted by molar-refractivity contribution is 7.17. The van der Waals surface area contributed by atoms with Crippen molar-refractivity contribution >= 4 is 34.3 Å². The van der Waals surface area contributed by atoms with Crippen molar-refractivity contribution in [2.24, 2.45) is 5.92 Å². The number of aromatic carboxylic acids is 1. The van der Waals surface area contributed by atoms with Crippen LogP contribution in [0.3, 0.4) is 0 Å². The summed E-state index contributed by atoms with van der Waals surface area (Å²) in [6.07, 6.45) is 2.03. The fourth-order valence-corrected chi connectivity index (χ4v) is 4.70. The van der Waals surface area contributed by atoms with Crippen molar-refractivity contribution in [3.8, 4) is 11.3 Å². The number of carbonyl (C=O) groups excluding carboxylic acids is 2. The fraction of sp³-hybridized carbons (Fsp3) is 0.455. The fourth-order valence-electron chi connectivity index (χ4n) is 3.73. The van der Waals surface area contributed by atoms with Gasteiger partial charge in [0.05, 0.1) is 7.11 Å². The molecule has 1 aromatic heterocycles. The summed E-state index contributed by atoms with van der Waals surface area (Å²) >= 11 is 1.02. The third kappa shape index (κ3) is 5.42. The van der Waals surface area contributed by atoms with Gasteiger partial charge >= 0.3 is 11.9 Å². The van der Waals surface area contributed by atoms with E-state index in [9.17, 15) is 23.9 Å². The first kappa shape index (κ1) is 23.6.